The van der Waals surface area contributed by atoms with E-state index in [9.17, 15) is 4.79 Å². The Morgan fingerprint density at radius 2 is 2.19 bits per heavy atom. The van der Waals surface area contributed by atoms with E-state index >= 15 is 0 Å². The molecule has 0 saturated carbocycles. The van der Waals surface area contributed by atoms with Gasteiger partial charge in [0, 0.05) is 12.1 Å². The van der Waals surface area contributed by atoms with E-state index in [4.69, 9.17) is 9.47 Å². The molecule has 1 aromatic rings. The highest BCUT2D eigenvalue weighted by atomic mass is 16.6. The Hall–Kier alpha value is -1.39. The molecule has 1 N–H and O–H groups in total. The molecule has 0 unspecified atom stereocenters. The number of hydrogen-bond donors (Lipinski definition) is 1. The van der Waals surface area contributed by atoms with E-state index in [1.807, 2.05) is 26.0 Å². The van der Waals surface area contributed by atoms with Gasteiger partial charge in [0.05, 0.1) is 25.9 Å². The van der Waals surface area contributed by atoms with Crippen LogP contribution >= 0.6 is 0 Å². The summed E-state index contributed by atoms with van der Waals surface area (Å²) >= 11 is 0. The van der Waals surface area contributed by atoms with Crippen molar-refractivity contribution in [1.29, 1.82) is 0 Å². The lowest BCUT2D eigenvalue weighted by Gasteiger charge is -2.25. The molecule has 0 spiro atoms. The van der Waals surface area contributed by atoms with Crippen molar-refractivity contribution in [3.63, 3.8) is 0 Å². The van der Waals surface area contributed by atoms with Crippen molar-refractivity contribution in [2.45, 2.75) is 39.7 Å². The topological polar surface area (TPSA) is 47.6 Å². The first-order valence-corrected chi connectivity index (χ1v) is 7.61. The Bertz CT molecular complexity index is 481. The third kappa shape index (κ3) is 5.14. The first-order chi connectivity index (χ1) is 10.0. The lowest BCUT2D eigenvalue weighted by molar-refractivity contribution is -0.118. The smallest absolute Gasteiger partial charge is 0.224 e. The summed E-state index contributed by atoms with van der Waals surface area (Å²) in [6.45, 7) is 8.12. The number of carbonyl (C=O) groups excluding carboxylic acids is 1. The Morgan fingerprint density at radius 3 is 2.86 bits per heavy atom. The van der Waals surface area contributed by atoms with E-state index in [1.54, 1.807) is 0 Å². The lowest BCUT2D eigenvalue weighted by atomic mass is 9.99. The van der Waals surface area contributed by atoms with E-state index in [0.29, 0.717) is 26.2 Å². The van der Waals surface area contributed by atoms with Gasteiger partial charge in [-0.1, -0.05) is 24.6 Å². The number of anilines is 1. The Kier molecular flexibility index (Phi) is 5.76. The first kappa shape index (κ1) is 16.0. The summed E-state index contributed by atoms with van der Waals surface area (Å²) in [7, 11) is 0. The van der Waals surface area contributed by atoms with E-state index in [2.05, 4.69) is 18.3 Å². The van der Waals surface area contributed by atoms with Gasteiger partial charge in [0.25, 0.3) is 0 Å². The second kappa shape index (κ2) is 7.57. The molecule has 1 fully saturated rings. The SMILES string of the molecule is Cc1ccc(NC(=O)C[C@@H](C)C[C@H]2COCCO2)c(C)c1. The molecule has 1 aliphatic rings. The molecule has 4 heteroatoms. The zero-order valence-corrected chi connectivity index (χ0v) is 13.1. The average molecular weight is 291 g/mol. The summed E-state index contributed by atoms with van der Waals surface area (Å²) in [4.78, 5) is 12.1. The van der Waals surface area contributed by atoms with Crippen LogP contribution in [0.1, 0.15) is 30.9 Å². The van der Waals surface area contributed by atoms with Crippen molar-refractivity contribution in [3.8, 4) is 0 Å². The minimum atomic E-state index is 0.0613. The fourth-order valence-corrected chi connectivity index (χ4v) is 2.68. The highest BCUT2D eigenvalue weighted by Gasteiger charge is 2.19. The van der Waals surface area contributed by atoms with Crippen molar-refractivity contribution < 1.29 is 14.3 Å². The zero-order chi connectivity index (χ0) is 15.2. The van der Waals surface area contributed by atoms with E-state index in [-0.39, 0.29) is 17.9 Å². The number of amides is 1. The molecule has 0 bridgehead atoms. The molecule has 116 valence electrons. The number of nitrogens with one attached hydrogen (secondary N) is 1. The van der Waals surface area contributed by atoms with Gasteiger partial charge in [0.15, 0.2) is 0 Å². The van der Waals surface area contributed by atoms with Gasteiger partial charge in [0.1, 0.15) is 0 Å². The summed E-state index contributed by atoms with van der Waals surface area (Å²) in [5, 5.41) is 2.99. The van der Waals surface area contributed by atoms with Crippen molar-refractivity contribution in [2.24, 2.45) is 5.92 Å². The number of aryl methyl sites for hydroxylation is 2. The molecule has 1 saturated heterocycles. The van der Waals surface area contributed by atoms with Crippen LogP contribution < -0.4 is 5.32 Å². The third-order valence-corrected chi connectivity index (χ3v) is 3.74. The van der Waals surface area contributed by atoms with Crippen LogP contribution in [0.25, 0.3) is 0 Å². The summed E-state index contributed by atoms with van der Waals surface area (Å²) in [5.41, 5.74) is 3.20. The van der Waals surface area contributed by atoms with E-state index in [0.717, 1.165) is 17.7 Å². The Balaban J connectivity index is 1.80. The van der Waals surface area contributed by atoms with Gasteiger partial charge in [-0.2, -0.15) is 0 Å². The van der Waals surface area contributed by atoms with E-state index in [1.165, 1.54) is 5.56 Å². The van der Waals surface area contributed by atoms with Crippen molar-refractivity contribution in [3.05, 3.63) is 29.3 Å². The summed E-state index contributed by atoms with van der Waals surface area (Å²) in [6.07, 6.45) is 1.50. The molecule has 1 amide bonds. The van der Waals surface area contributed by atoms with Crippen LogP contribution in [0.2, 0.25) is 0 Å². The van der Waals surface area contributed by atoms with Crippen LogP contribution in [0, 0.1) is 19.8 Å². The highest BCUT2D eigenvalue weighted by molar-refractivity contribution is 5.91. The fraction of sp³-hybridized carbons (Fsp3) is 0.588. The maximum atomic E-state index is 12.1. The van der Waals surface area contributed by atoms with Crippen LogP contribution in [0.5, 0.6) is 0 Å². The normalized spacial score (nSPS) is 20.0. The second-order valence-corrected chi connectivity index (χ2v) is 5.98. The van der Waals surface area contributed by atoms with Crippen LogP contribution in [0.3, 0.4) is 0 Å². The number of ether oxygens (including phenoxy) is 2. The molecular weight excluding hydrogens is 266 g/mol. The number of benzene rings is 1. The predicted molar refractivity (Wildman–Crippen MR) is 83.5 cm³/mol. The van der Waals surface area contributed by atoms with Gasteiger partial charge in [-0.3, -0.25) is 4.79 Å². The maximum absolute atomic E-state index is 12.1. The minimum Gasteiger partial charge on any atom is -0.376 e. The lowest BCUT2D eigenvalue weighted by Crippen LogP contribution is -2.30. The van der Waals surface area contributed by atoms with Gasteiger partial charge in [0.2, 0.25) is 5.91 Å². The summed E-state index contributed by atoms with van der Waals surface area (Å²) in [6, 6.07) is 6.05. The van der Waals surface area contributed by atoms with Gasteiger partial charge >= 0.3 is 0 Å². The molecule has 0 radical (unpaired) electrons. The van der Waals surface area contributed by atoms with Gasteiger partial charge in [-0.15, -0.1) is 0 Å². The average Bonchev–Trinajstić information content (AvgIpc) is 2.43. The number of rotatable bonds is 5. The van der Waals surface area contributed by atoms with Crippen molar-refractivity contribution >= 4 is 11.6 Å². The minimum absolute atomic E-state index is 0.0613. The van der Waals surface area contributed by atoms with Crippen molar-refractivity contribution in [1.82, 2.24) is 0 Å². The molecule has 1 aliphatic heterocycles. The molecular formula is C17H25NO3. The number of carbonyl (C=O) groups is 1. The molecule has 0 aromatic heterocycles. The monoisotopic (exact) mass is 291 g/mol. The quantitative estimate of drug-likeness (QED) is 0.907. The first-order valence-electron chi connectivity index (χ1n) is 7.61. The predicted octanol–water partition coefficient (Wildman–Crippen LogP) is 3.07. The highest BCUT2D eigenvalue weighted by Crippen LogP contribution is 2.19. The van der Waals surface area contributed by atoms with Gasteiger partial charge in [-0.25, -0.2) is 0 Å². The second-order valence-electron chi connectivity index (χ2n) is 5.98. The van der Waals surface area contributed by atoms with Crippen molar-refractivity contribution in [2.75, 3.05) is 25.1 Å². The summed E-state index contributed by atoms with van der Waals surface area (Å²) in [5.74, 6) is 0.341. The van der Waals surface area contributed by atoms with Crippen LogP contribution in [0.4, 0.5) is 5.69 Å². The molecule has 2 atom stereocenters. The molecule has 1 aromatic carbocycles. The molecule has 21 heavy (non-hydrogen) atoms. The van der Waals surface area contributed by atoms with Crippen LogP contribution in [-0.2, 0) is 14.3 Å². The molecule has 4 nitrogen and oxygen atoms in total. The molecule has 1 heterocycles. The van der Waals surface area contributed by atoms with Gasteiger partial charge in [-0.05, 0) is 37.8 Å². The largest absolute Gasteiger partial charge is 0.376 e. The Labute approximate surface area is 126 Å². The zero-order valence-electron chi connectivity index (χ0n) is 13.1. The fourth-order valence-electron chi connectivity index (χ4n) is 2.68. The standard InChI is InChI=1S/C17H25NO3/c1-12-4-5-16(14(3)8-12)18-17(19)10-13(2)9-15-11-20-6-7-21-15/h4-5,8,13,15H,6-7,9-11H2,1-3H3,(H,18,19)/t13-,15-/m0/s1. The Morgan fingerprint density at radius 1 is 1.38 bits per heavy atom. The summed E-state index contributed by atoms with van der Waals surface area (Å²) < 4.78 is 11.0. The molecule has 2 rings (SSSR count). The number of hydrogen-bond acceptors (Lipinski definition) is 3. The van der Waals surface area contributed by atoms with Gasteiger partial charge < -0.3 is 14.8 Å². The van der Waals surface area contributed by atoms with Crippen LogP contribution in [0.15, 0.2) is 18.2 Å². The maximum Gasteiger partial charge on any atom is 0.224 e. The third-order valence-electron chi connectivity index (χ3n) is 3.74. The van der Waals surface area contributed by atoms with Crippen LogP contribution in [-0.4, -0.2) is 31.8 Å². The van der Waals surface area contributed by atoms with E-state index < -0.39 is 0 Å². The molecule has 0 aliphatic carbocycles.